The van der Waals surface area contributed by atoms with Crippen molar-refractivity contribution in [3.8, 4) is 0 Å². The summed E-state index contributed by atoms with van der Waals surface area (Å²) >= 11 is 6.42. The molecule has 0 bridgehead atoms. The summed E-state index contributed by atoms with van der Waals surface area (Å²) in [6.07, 6.45) is 1.32. The predicted molar refractivity (Wildman–Crippen MR) is 148 cm³/mol. The molecule has 0 heterocycles. The van der Waals surface area contributed by atoms with Gasteiger partial charge in [-0.05, 0) is 42.7 Å². The summed E-state index contributed by atoms with van der Waals surface area (Å²) in [7, 11) is -2.30. The Hall–Kier alpha value is -3.36. The number of hydrogen-bond acceptors (Lipinski definition) is 4. The summed E-state index contributed by atoms with van der Waals surface area (Å²) in [5.41, 5.74) is 3.63. The van der Waals surface area contributed by atoms with Crippen LogP contribution in [-0.2, 0) is 32.6 Å². The van der Waals surface area contributed by atoms with Crippen LogP contribution in [0.25, 0.3) is 0 Å². The first kappa shape index (κ1) is 28.2. The number of carbonyl (C=O) groups excluding carboxylic acids is 2. The van der Waals surface area contributed by atoms with Crippen molar-refractivity contribution in [2.24, 2.45) is 0 Å². The number of sulfonamides is 1. The van der Waals surface area contributed by atoms with E-state index in [2.05, 4.69) is 5.32 Å². The third-order valence-electron chi connectivity index (χ3n) is 6.12. The number of anilines is 1. The molecule has 1 atom stereocenters. The van der Waals surface area contributed by atoms with Crippen LogP contribution in [-0.4, -0.2) is 51.0 Å². The normalized spacial score (nSPS) is 12.0. The third kappa shape index (κ3) is 7.33. The molecule has 0 aliphatic heterocycles. The van der Waals surface area contributed by atoms with Crippen LogP contribution >= 0.6 is 11.6 Å². The van der Waals surface area contributed by atoms with Crippen LogP contribution in [0.15, 0.2) is 72.8 Å². The van der Waals surface area contributed by atoms with Gasteiger partial charge in [0.15, 0.2) is 0 Å². The fraction of sp³-hybridized carbons (Fsp3) is 0.286. The highest BCUT2D eigenvalue weighted by Crippen LogP contribution is 2.25. The summed E-state index contributed by atoms with van der Waals surface area (Å²) in [4.78, 5) is 28.4. The Labute approximate surface area is 224 Å². The highest BCUT2D eigenvalue weighted by molar-refractivity contribution is 7.92. The number of carbonyl (C=O) groups is 2. The topological polar surface area (TPSA) is 86.8 Å². The predicted octanol–water partition coefficient (Wildman–Crippen LogP) is 4.11. The first-order valence-corrected chi connectivity index (χ1v) is 14.1. The molecule has 3 aromatic rings. The van der Waals surface area contributed by atoms with Crippen LogP contribution < -0.4 is 9.62 Å². The molecule has 0 radical (unpaired) electrons. The molecule has 0 aliphatic carbocycles. The fourth-order valence-corrected chi connectivity index (χ4v) is 5.31. The average Bonchev–Trinajstić information content (AvgIpc) is 2.85. The van der Waals surface area contributed by atoms with Crippen molar-refractivity contribution in [1.29, 1.82) is 0 Å². The van der Waals surface area contributed by atoms with Crippen molar-refractivity contribution in [3.63, 3.8) is 0 Å². The zero-order chi connectivity index (χ0) is 27.2. The number of hydrogen-bond donors (Lipinski definition) is 1. The van der Waals surface area contributed by atoms with Crippen LogP contribution in [0.3, 0.4) is 0 Å². The SMILES string of the molecule is CNC(=O)[C@@H](Cc1ccccc1)N(Cc1ccccc1Cl)C(=O)CN(c1ccc(C)cc1C)S(C)(=O)=O. The second-order valence-corrected chi connectivity index (χ2v) is 11.3. The fourth-order valence-electron chi connectivity index (χ4n) is 4.21. The number of rotatable bonds is 10. The van der Waals surface area contributed by atoms with Crippen LogP contribution in [0.4, 0.5) is 5.69 Å². The quantitative estimate of drug-likeness (QED) is 0.418. The Morgan fingerprint density at radius 2 is 1.62 bits per heavy atom. The van der Waals surface area contributed by atoms with E-state index in [1.54, 1.807) is 43.3 Å². The molecule has 196 valence electrons. The standard InChI is InChI=1S/C28H32ClN3O4S/c1-20-14-15-25(21(2)16-20)32(37(4,35)36)19-27(33)31(18-23-12-8-9-13-24(23)29)26(28(34)30-3)17-22-10-6-5-7-11-22/h5-16,26H,17-19H2,1-4H3,(H,30,34)/t26-/m1/s1. The van der Waals surface area contributed by atoms with Crippen molar-refractivity contribution in [2.75, 3.05) is 24.2 Å². The van der Waals surface area contributed by atoms with E-state index in [1.807, 2.05) is 43.3 Å². The molecule has 0 unspecified atom stereocenters. The largest absolute Gasteiger partial charge is 0.357 e. The highest BCUT2D eigenvalue weighted by Gasteiger charge is 2.33. The molecule has 0 saturated heterocycles. The second-order valence-electron chi connectivity index (χ2n) is 8.99. The molecule has 0 saturated carbocycles. The zero-order valence-corrected chi connectivity index (χ0v) is 23.0. The molecule has 0 aliphatic rings. The third-order valence-corrected chi connectivity index (χ3v) is 7.61. The Balaban J connectivity index is 2.06. The monoisotopic (exact) mass is 541 g/mol. The molecule has 0 aromatic heterocycles. The van der Waals surface area contributed by atoms with Crippen LogP contribution in [0.5, 0.6) is 0 Å². The summed E-state index contributed by atoms with van der Waals surface area (Å²) in [5, 5.41) is 3.10. The highest BCUT2D eigenvalue weighted by atomic mass is 35.5. The number of nitrogens with zero attached hydrogens (tertiary/aromatic N) is 2. The number of halogens is 1. The van der Waals surface area contributed by atoms with Gasteiger partial charge in [-0.3, -0.25) is 13.9 Å². The second kappa shape index (κ2) is 12.3. The van der Waals surface area contributed by atoms with E-state index in [-0.39, 0.29) is 18.9 Å². The van der Waals surface area contributed by atoms with Gasteiger partial charge < -0.3 is 10.2 Å². The van der Waals surface area contributed by atoms with Gasteiger partial charge in [-0.25, -0.2) is 8.42 Å². The van der Waals surface area contributed by atoms with E-state index < -0.39 is 28.5 Å². The van der Waals surface area contributed by atoms with Gasteiger partial charge in [0, 0.05) is 25.0 Å². The summed E-state index contributed by atoms with van der Waals surface area (Å²) in [5.74, 6) is -0.878. The minimum atomic E-state index is -3.81. The zero-order valence-electron chi connectivity index (χ0n) is 21.4. The average molecular weight is 542 g/mol. The van der Waals surface area contributed by atoms with Crippen molar-refractivity contribution >= 4 is 39.1 Å². The van der Waals surface area contributed by atoms with Gasteiger partial charge in [0.1, 0.15) is 12.6 Å². The number of benzene rings is 3. The maximum atomic E-state index is 13.9. The summed E-state index contributed by atoms with van der Waals surface area (Å²) in [6, 6.07) is 20.9. The van der Waals surface area contributed by atoms with Crippen LogP contribution in [0.2, 0.25) is 5.02 Å². The minimum absolute atomic E-state index is 0.0356. The molecule has 1 N–H and O–H groups in total. The van der Waals surface area contributed by atoms with Gasteiger partial charge >= 0.3 is 0 Å². The Morgan fingerprint density at radius 1 is 0.973 bits per heavy atom. The maximum absolute atomic E-state index is 13.9. The molecule has 9 heteroatoms. The van der Waals surface area contributed by atoms with Gasteiger partial charge in [0.25, 0.3) is 0 Å². The Bertz CT molecular complexity index is 1360. The van der Waals surface area contributed by atoms with Gasteiger partial charge in [0.05, 0.1) is 11.9 Å². The Kier molecular flexibility index (Phi) is 9.34. The van der Waals surface area contributed by atoms with E-state index in [0.717, 1.165) is 27.3 Å². The van der Waals surface area contributed by atoms with E-state index in [0.29, 0.717) is 16.3 Å². The maximum Gasteiger partial charge on any atom is 0.244 e. The lowest BCUT2D eigenvalue weighted by molar-refractivity contribution is -0.139. The Morgan fingerprint density at radius 3 is 2.22 bits per heavy atom. The van der Waals surface area contributed by atoms with E-state index in [4.69, 9.17) is 11.6 Å². The summed E-state index contributed by atoms with van der Waals surface area (Å²) < 4.78 is 26.8. The number of aryl methyl sites for hydroxylation is 2. The number of likely N-dealkylation sites (N-methyl/N-ethyl adjacent to an activating group) is 1. The molecule has 3 aromatic carbocycles. The van der Waals surface area contributed by atoms with Crippen molar-refractivity contribution < 1.29 is 18.0 Å². The van der Waals surface area contributed by atoms with E-state index >= 15 is 0 Å². The van der Waals surface area contributed by atoms with Crippen molar-refractivity contribution in [1.82, 2.24) is 10.2 Å². The molecular weight excluding hydrogens is 510 g/mol. The van der Waals surface area contributed by atoms with Crippen LogP contribution in [0, 0.1) is 13.8 Å². The molecule has 0 fully saturated rings. The molecule has 37 heavy (non-hydrogen) atoms. The molecule has 0 spiro atoms. The lowest BCUT2D eigenvalue weighted by Gasteiger charge is -2.33. The van der Waals surface area contributed by atoms with Gasteiger partial charge in [0.2, 0.25) is 21.8 Å². The summed E-state index contributed by atoms with van der Waals surface area (Å²) in [6.45, 7) is 3.29. The van der Waals surface area contributed by atoms with Crippen molar-refractivity contribution in [3.05, 3.63) is 100 Å². The molecule has 7 nitrogen and oxygen atoms in total. The van der Waals surface area contributed by atoms with E-state index in [9.17, 15) is 18.0 Å². The molecule has 2 amide bonds. The molecular formula is C28H32ClN3O4S. The first-order valence-electron chi connectivity index (χ1n) is 11.8. The number of amides is 2. The van der Waals surface area contributed by atoms with Gasteiger partial charge in [-0.15, -0.1) is 0 Å². The van der Waals surface area contributed by atoms with E-state index in [1.165, 1.54) is 11.9 Å². The first-order chi connectivity index (χ1) is 17.5. The van der Waals surface area contributed by atoms with Crippen LogP contribution in [0.1, 0.15) is 22.3 Å². The van der Waals surface area contributed by atoms with Gasteiger partial charge in [-0.1, -0.05) is 77.8 Å². The number of nitrogens with one attached hydrogen (secondary N) is 1. The molecule has 3 rings (SSSR count). The lowest BCUT2D eigenvalue weighted by atomic mass is 10.0. The minimum Gasteiger partial charge on any atom is -0.357 e. The smallest absolute Gasteiger partial charge is 0.244 e. The lowest BCUT2D eigenvalue weighted by Crippen LogP contribution is -2.53. The van der Waals surface area contributed by atoms with Gasteiger partial charge in [-0.2, -0.15) is 0 Å². The van der Waals surface area contributed by atoms with Crippen molar-refractivity contribution in [2.45, 2.75) is 32.9 Å².